The minimum Gasteiger partial charge on any atom is -0.383 e. The van der Waals surface area contributed by atoms with Gasteiger partial charge in [0.25, 0.3) is 5.91 Å². The van der Waals surface area contributed by atoms with Crippen LogP contribution in [0.2, 0.25) is 0 Å². The molecule has 21 heavy (non-hydrogen) atoms. The smallest absolute Gasteiger partial charge is 0.254 e. The van der Waals surface area contributed by atoms with E-state index in [1.165, 1.54) is 11.3 Å². The van der Waals surface area contributed by atoms with Crippen LogP contribution in [0.5, 0.6) is 0 Å². The Morgan fingerprint density at radius 3 is 2.67 bits per heavy atom. The lowest BCUT2D eigenvalue weighted by atomic mass is 10.1. The highest BCUT2D eigenvalue weighted by molar-refractivity contribution is 7.10. The molecule has 1 unspecified atom stereocenters. The lowest BCUT2D eigenvalue weighted by Crippen LogP contribution is -2.38. The number of amides is 1. The van der Waals surface area contributed by atoms with Gasteiger partial charge < -0.3 is 10.4 Å². The predicted octanol–water partition coefficient (Wildman–Crippen LogP) is 2.34. The molecule has 0 saturated carbocycles. The highest BCUT2D eigenvalue weighted by Gasteiger charge is 2.25. The molecule has 2 heterocycles. The van der Waals surface area contributed by atoms with Crippen LogP contribution in [-0.4, -0.2) is 27.3 Å². The molecule has 0 radical (unpaired) electrons. The van der Waals surface area contributed by atoms with Gasteiger partial charge in [-0.3, -0.25) is 9.48 Å². The second-order valence-corrected chi connectivity index (χ2v) is 7.23. The van der Waals surface area contributed by atoms with Crippen molar-refractivity contribution in [3.05, 3.63) is 40.3 Å². The van der Waals surface area contributed by atoms with Crippen molar-refractivity contribution in [3.63, 3.8) is 0 Å². The summed E-state index contributed by atoms with van der Waals surface area (Å²) >= 11 is 1.47. The van der Waals surface area contributed by atoms with Crippen molar-refractivity contribution in [1.29, 1.82) is 0 Å². The SMILES string of the molecule is CC(O)(CNC(=O)c1cnn(C(C)(C)C)c1)c1cccs1. The third-order valence-corrected chi connectivity index (χ3v) is 4.30. The molecule has 0 spiro atoms. The first-order chi connectivity index (χ1) is 9.70. The maximum absolute atomic E-state index is 12.1. The maximum atomic E-state index is 12.1. The van der Waals surface area contributed by atoms with Crippen molar-refractivity contribution >= 4 is 17.2 Å². The standard InChI is InChI=1S/C15H21N3O2S/c1-14(2,3)18-9-11(8-17-18)13(19)16-10-15(4,20)12-6-5-7-21-12/h5-9,20H,10H2,1-4H3,(H,16,19). The van der Waals surface area contributed by atoms with Crippen LogP contribution in [0.3, 0.4) is 0 Å². The number of hydrogen-bond donors (Lipinski definition) is 2. The number of thiophene rings is 1. The fraction of sp³-hybridized carbons (Fsp3) is 0.467. The normalized spacial score (nSPS) is 14.7. The quantitative estimate of drug-likeness (QED) is 0.911. The summed E-state index contributed by atoms with van der Waals surface area (Å²) in [5, 5.41) is 19.2. The zero-order chi connectivity index (χ0) is 15.7. The molecule has 0 aliphatic rings. The van der Waals surface area contributed by atoms with Crippen molar-refractivity contribution in [2.75, 3.05) is 6.54 Å². The number of hydrogen-bond acceptors (Lipinski definition) is 4. The summed E-state index contributed by atoms with van der Waals surface area (Å²) in [5.74, 6) is -0.234. The van der Waals surface area contributed by atoms with Crippen molar-refractivity contribution in [1.82, 2.24) is 15.1 Å². The number of nitrogens with zero attached hydrogens (tertiary/aromatic N) is 2. The molecule has 0 fully saturated rings. The second-order valence-electron chi connectivity index (χ2n) is 6.28. The molecule has 2 N–H and O–H groups in total. The topological polar surface area (TPSA) is 67.2 Å². The molecule has 5 nitrogen and oxygen atoms in total. The Hall–Kier alpha value is -1.66. The first kappa shape index (κ1) is 15.7. The fourth-order valence-corrected chi connectivity index (χ4v) is 2.62. The van der Waals surface area contributed by atoms with E-state index in [9.17, 15) is 9.90 Å². The van der Waals surface area contributed by atoms with Gasteiger partial charge in [0.15, 0.2) is 0 Å². The Bertz CT molecular complexity index is 609. The Morgan fingerprint density at radius 1 is 1.43 bits per heavy atom. The van der Waals surface area contributed by atoms with Gasteiger partial charge in [0.2, 0.25) is 0 Å². The van der Waals surface area contributed by atoms with E-state index >= 15 is 0 Å². The van der Waals surface area contributed by atoms with E-state index in [4.69, 9.17) is 0 Å². The molecule has 2 aromatic heterocycles. The monoisotopic (exact) mass is 307 g/mol. The minimum absolute atomic E-state index is 0.160. The molecular weight excluding hydrogens is 286 g/mol. The second kappa shape index (κ2) is 5.61. The van der Waals surface area contributed by atoms with Gasteiger partial charge in [0.05, 0.1) is 23.8 Å². The average Bonchev–Trinajstić information content (AvgIpc) is 3.05. The van der Waals surface area contributed by atoms with Crippen molar-refractivity contribution in [2.24, 2.45) is 0 Å². The van der Waals surface area contributed by atoms with Crippen molar-refractivity contribution in [2.45, 2.75) is 38.8 Å². The zero-order valence-corrected chi connectivity index (χ0v) is 13.6. The average molecular weight is 307 g/mol. The molecule has 0 aliphatic carbocycles. The lowest BCUT2D eigenvalue weighted by molar-refractivity contribution is 0.0556. The van der Waals surface area contributed by atoms with Gasteiger partial charge in [-0.2, -0.15) is 5.10 Å². The van der Waals surface area contributed by atoms with E-state index in [0.29, 0.717) is 5.56 Å². The third-order valence-electron chi connectivity index (χ3n) is 3.18. The Morgan fingerprint density at radius 2 is 2.14 bits per heavy atom. The first-order valence-corrected chi connectivity index (χ1v) is 7.68. The number of carbonyl (C=O) groups excluding carboxylic acids is 1. The predicted molar refractivity (Wildman–Crippen MR) is 83.4 cm³/mol. The summed E-state index contributed by atoms with van der Waals surface area (Å²) in [4.78, 5) is 13.0. The van der Waals surface area contributed by atoms with Gasteiger partial charge >= 0.3 is 0 Å². The van der Waals surface area contributed by atoms with Crippen LogP contribution in [0.1, 0.15) is 42.9 Å². The number of nitrogens with one attached hydrogen (secondary N) is 1. The van der Waals surface area contributed by atoms with Gasteiger partial charge in [0.1, 0.15) is 5.60 Å². The maximum Gasteiger partial charge on any atom is 0.254 e. The van der Waals surface area contributed by atoms with E-state index in [1.54, 1.807) is 24.0 Å². The number of carbonyl (C=O) groups is 1. The van der Waals surface area contributed by atoms with E-state index in [0.717, 1.165) is 4.88 Å². The molecule has 0 aliphatic heterocycles. The highest BCUT2D eigenvalue weighted by Crippen LogP contribution is 2.24. The largest absolute Gasteiger partial charge is 0.383 e. The van der Waals surface area contributed by atoms with Gasteiger partial charge in [-0.05, 0) is 39.1 Å². The van der Waals surface area contributed by atoms with E-state index < -0.39 is 5.60 Å². The van der Waals surface area contributed by atoms with Crippen LogP contribution >= 0.6 is 11.3 Å². The van der Waals surface area contributed by atoms with E-state index in [-0.39, 0.29) is 18.0 Å². The van der Waals surface area contributed by atoms with Gasteiger partial charge in [0, 0.05) is 11.1 Å². The van der Waals surface area contributed by atoms with Crippen LogP contribution in [0.4, 0.5) is 0 Å². The molecule has 6 heteroatoms. The molecule has 1 amide bonds. The molecule has 2 rings (SSSR count). The Kier molecular flexibility index (Phi) is 4.20. The van der Waals surface area contributed by atoms with Gasteiger partial charge in [-0.15, -0.1) is 11.3 Å². The highest BCUT2D eigenvalue weighted by atomic mass is 32.1. The minimum atomic E-state index is -1.07. The zero-order valence-electron chi connectivity index (χ0n) is 12.8. The third kappa shape index (κ3) is 3.71. The number of rotatable bonds is 4. The molecule has 2 aromatic rings. The molecule has 1 atom stereocenters. The number of aliphatic hydroxyl groups is 1. The summed E-state index contributed by atoms with van der Waals surface area (Å²) < 4.78 is 1.75. The van der Waals surface area contributed by atoms with Crippen molar-refractivity contribution in [3.8, 4) is 0 Å². The van der Waals surface area contributed by atoms with Gasteiger partial charge in [-0.25, -0.2) is 0 Å². The molecule has 0 saturated heterocycles. The summed E-state index contributed by atoms with van der Waals surface area (Å²) in [6.45, 7) is 7.90. The molecule has 0 aromatic carbocycles. The van der Waals surface area contributed by atoms with Crippen LogP contribution in [0.25, 0.3) is 0 Å². The van der Waals surface area contributed by atoms with E-state index in [1.807, 2.05) is 38.3 Å². The summed E-state index contributed by atoms with van der Waals surface area (Å²) in [5.41, 5.74) is -0.739. The summed E-state index contributed by atoms with van der Waals surface area (Å²) in [7, 11) is 0. The number of aromatic nitrogens is 2. The van der Waals surface area contributed by atoms with Crippen LogP contribution in [-0.2, 0) is 11.1 Å². The van der Waals surface area contributed by atoms with E-state index in [2.05, 4.69) is 10.4 Å². The lowest BCUT2D eigenvalue weighted by Gasteiger charge is -2.22. The molecular formula is C15H21N3O2S. The molecule has 0 bridgehead atoms. The van der Waals surface area contributed by atoms with Crippen LogP contribution < -0.4 is 5.32 Å². The summed E-state index contributed by atoms with van der Waals surface area (Å²) in [6.07, 6.45) is 3.26. The Labute approximate surface area is 128 Å². The van der Waals surface area contributed by atoms with Crippen LogP contribution in [0, 0.1) is 0 Å². The Balaban J connectivity index is 2.01. The van der Waals surface area contributed by atoms with Crippen molar-refractivity contribution < 1.29 is 9.90 Å². The van der Waals surface area contributed by atoms with Crippen LogP contribution in [0.15, 0.2) is 29.9 Å². The first-order valence-electron chi connectivity index (χ1n) is 6.80. The summed E-state index contributed by atoms with van der Waals surface area (Å²) in [6, 6.07) is 3.73. The molecule has 114 valence electrons. The fourth-order valence-electron chi connectivity index (χ4n) is 1.83. The van der Waals surface area contributed by atoms with Gasteiger partial charge in [-0.1, -0.05) is 6.07 Å².